The first-order chi connectivity index (χ1) is 10.2. The second-order valence-corrected chi connectivity index (χ2v) is 7.33. The summed E-state index contributed by atoms with van der Waals surface area (Å²) >= 11 is 1.93. The van der Waals surface area contributed by atoms with Gasteiger partial charge in [-0.25, -0.2) is 5.43 Å². The summed E-state index contributed by atoms with van der Waals surface area (Å²) in [7, 11) is 0. The molecule has 21 heavy (non-hydrogen) atoms. The van der Waals surface area contributed by atoms with Gasteiger partial charge in [0.25, 0.3) is 0 Å². The number of aryl methyl sites for hydroxylation is 1. The molecule has 6 nitrogen and oxygen atoms in total. The lowest BCUT2D eigenvalue weighted by molar-refractivity contribution is 0.542. The Morgan fingerprint density at radius 2 is 2.24 bits per heavy atom. The minimum atomic E-state index is 0.173. The largest absolute Gasteiger partial charge is 0.276 e. The quantitative estimate of drug-likeness (QED) is 0.780. The topological polar surface area (TPSA) is 58.0 Å². The zero-order valence-electron chi connectivity index (χ0n) is 12.1. The van der Waals surface area contributed by atoms with Gasteiger partial charge in [0.05, 0.1) is 6.17 Å². The Bertz CT molecular complexity index is 719. The van der Waals surface area contributed by atoms with Crippen molar-refractivity contribution in [3.05, 3.63) is 22.3 Å². The van der Waals surface area contributed by atoms with Crippen LogP contribution in [0, 0.1) is 0 Å². The number of fused-ring (bicyclic) bond motifs is 8. The third kappa shape index (κ3) is 1.48. The number of hydrogen-bond donors (Lipinski definition) is 2. The van der Waals surface area contributed by atoms with E-state index in [1.54, 1.807) is 10.4 Å². The van der Waals surface area contributed by atoms with Crippen LogP contribution in [0.4, 0.5) is 5.95 Å². The molecule has 110 valence electrons. The van der Waals surface area contributed by atoms with E-state index in [1.165, 1.54) is 29.8 Å². The number of anilines is 1. The van der Waals surface area contributed by atoms with Crippen LogP contribution < -0.4 is 15.8 Å². The number of hydrogen-bond acceptors (Lipinski definition) is 6. The highest BCUT2D eigenvalue weighted by Crippen LogP contribution is 2.49. The zero-order valence-corrected chi connectivity index (χ0v) is 12.9. The van der Waals surface area contributed by atoms with E-state index < -0.39 is 0 Å². The van der Waals surface area contributed by atoms with E-state index in [0.29, 0.717) is 5.92 Å². The van der Waals surface area contributed by atoms with Crippen molar-refractivity contribution in [2.45, 2.75) is 51.4 Å². The summed E-state index contributed by atoms with van der Waals surface area (Å²) in [4.78, 5) is 1.56. The Hall–Kier alpha value is -1.44. The minimum absolute atomic E-state index is 0.173. The molecule has 7 heteroatoms. The molecule has 0 bridgehead atoms. The molecule has 4 heterocycles. The molecule has 0 saturated carbocycles. The molecule has 3 atom stereocenters. The fourth-order valence-corrected chi connectivity index (χ4v) is 5.39. The second kappa shape index (κ2) is 4.06. The van der Waals surface area contributed by atoms with E-state index in [2.05, 4.69) is 44.4 Å². The first-order valence-corrected chi connectivity index (χ1v) is 8.43. The molecule has 2 aromatic rings. The van der Waals surface area contributed by atoms with Crippen LogP contribution in [0.25, 0.3) is 5.00 Å². The molecule has 1 fully saturated rings. The van der Waals surface area contributed by atoms with E-state index in [-0.39, 0.29) is 12.3 Å². The molecular weight excluding hydrogens is 284 g/mol. The van der Waals surface area contributed by atoms with Crippen LogP contribution in [0.3, 0.4) is 0 Å². The van der Waals surface area contributed by atoms with Crippen LogP contribution in [-0.4, -0.2) is 20.9 Å². The van der Waals surface area contributed by atoms with Crippen molar-refractivity contribution in [2.75, 3.05) is 5.01 Å². The van der Waals surface area contributed by atoms with Crippen LogP contribution in [0.1, 0.15) is 54.8 Å². The molecule has 2 N–H and O–H groups in total. The van der Waals surface area contributed by atoms with Crippen LogP contribution >= 0.6 is 11.3 Å². The Morgan fingerprint density at radius 1 is 1.33 bits per heavy atom. The summed E-state index contributed by atoms with van der Waals surface area (Å²) in [5, 5.41) is 15.5. The maximum atomic E-state index is 4.30. The SMILES string of the molecule is CC1NC2c3c(sc4c3[C@@H](C)CCC4)-n3cnnc3N2N1. The van der Waals surface area contributed by atoms with E-state index >= 15 is 0 Å². The fourth-order valence-electron chi connectivity index (χ4n) is 3.93. The van der Waals surface area contributed by atoms with Gasteiger partial charge in [0, 0.05) is 10.4 Å². The molecule has 0 spiro atoms. The minimum Gasteiger partial charge on any atom is -0.276 e. The van der Waals surface area contributed by atoms with Gasteiger partial charge in [0.2, 0.25) is 5.95 Å². The molecule has 0 aromatic carbocycles. The van der Waals surface area contributed by atoms with Crippen LogP contribution in [0.5, 0.6) is 0 Å². The predicted octanol–water partition coefficient (Wildman–Crippen LogP) is 2.04. The Balaban J connectivity index is 1.80. The number of nitrogens with one attached hydrogen (secondary N) is 2. The van der Waals surface area contributed by atoms with Gasteiger partial charge >= 0.3 is 0 Å². The second-order valence-electron chi connectivity index (χ2n) is 6.24. The van der Waals surface area contributed by atoms with Gasteiger partial charge in [0.1, 0.15) is 17.5 Å². The van der Waals surface area contributed by atoms with Crippen LogP contribution in [0.15, 0.2) is 6.33 Å². The number of nitrogens with zero attached hydrogens (tertiary/aromatic N) is 4. The van der Waals surface area contributed by atoms with Gasteiger partial charge < -0.3 is 0 Å². The van der Waals surface area contributed by atoms with E-state index in [9.17, 15) is 0 Å². The standard InChI is InChI=1S/C14H18N6S/c1-7-4-3-5-9-10(7)11-12-16-8(2)18-20(12)14-17-15-6-19(14)13(11)21-9/h6-8,12,16,18H,3-5H2,1-2H3/t7-,8?,12?/m0/s1. The Kier molecular flexibility index (Phi) is 2.34. The van der Waals surface area contributed by atoms with Crippen LogP contribution in [-0.2, 0) is 6.42 Å². The van der Waals surface area contributed by atoms with Crippen molar-refractivity contribution in [2.24, 2.45) is 0 Å². The van der Waals surface area contributed by atoms with Crippen molar-refractivity contribution in [3.8, 4) is 5.00 Å². The Labute approximate surface area is 127 Å². The zero-order chi connectivity index (χ0) is 14.1. The summed E-state index contributed by atoms with van der Waals surface area (Å²) in [5.74, 6) is 1.53. The average molecular weight is 302 g/mol. The highest BCUT2D eigenvalue weighted by Gasteiger charge is 2.43. The molecule has 2 unspecified atom stereocenters. The van der Waals surface area contributed by atoms with Gasteiger partial charge in [-0.3, -0.25) is 14.9 Å². The summed E-state index contributed by atoms with van der Waals surface area (Å²) in [6.45, 7) is 4.50. The summed E-state index contributed by atoms with van der Waals surface area (Å²) in [5.41, 5.74) is 6.46. The lowest BCUT2D eigenvalue weighted by atomic mass is 9.85. The van der Waals surface area contributed by atoms with Gasteiger partial charge in [-0.15, -0.1) is 21.5 Å². The van der Waals surface area contributed by atoms with Gasteiger partial charge in [0.15, 0.2) is 0 Å². The lowest BCUT2D eigenvalue weighted by Crippen LogP contribution is -2.40. The molecule has 3 aliphatic rings. The predicted molar refractivity (Wildman–Crippen MR) is 81.5 cm³/mol. The molecule has 2 aromatic heterocycles. The van der Waals surface area contributed by atoms with Gasteiger partial charge in [-0.2, -0.15) is 0 Å². The average Bonchev–Trinajstić information content (AvgIpc) is 3.12. The summed E-state index contributed by atoms with van der Waals surface area (Å²) < 4.78 is 2.13. The summed E-state index contributed by atoms with van der Waals surface area (Å²) in [6.07, 6.45) is 6.05. The van der Waals surface area contributed by atoms with Gasteiger partial charge in [-0.1, -0.05) is 6.92 Å². The highest BCUT2D eigenvalue weighted by molar-refractivity contribution is 7.15. The molecule has 5 rings (SSSR count). The van der Waals surface area contributed by atoms with E-state index in [4.69, 9.17) is 0 Å². The molecule has 0 radical (unpaired) electrons. The van der Waals surface area contributed by atoms with Crippen molar-refractivity contribution < 1.29 is 0 Å². The maximum absolute atomic E-state index is 4.30. The van der Waals surface area contributed by atoms with Crippen molar-refractivity contribution in [1.82, 2.24) is 25.5 Å². The van der Waals surface area contributed by atoms with Crippen molar-refractivity contribution in [3.63, 3.8) is 0 Å². The normalized spacial score (nSPS) is 29.8. The third-order valence-corrected chi connectivity index (χ3v) is 6.09. The smallest absolute Gasteiger partial charge is 0.248 e. The number of aromatic nitrogens is 3. The molecule has 0 amide bonds. The molecule has 1 aliphatic carbocycles. The monoisotopic (exact) mass is 302 g/mol. The fraction of sp³-hybridized carbons (Fsp3) is 0.571. The number of rotatable bonds is 0. The van der Waals surface area contributed by atoms with E-state index in [0.717, 1.165) is 5.95 Å². The van der Waals surface area contributed by atoms with Crippen molar-refractivity contribution >= 4 is 17.3 Å². The van der Waals surface area contributed by atoms with Crippen molar-refractivity contribution in [1.29, 1.82) is 0 Å². The summed E-state index contributed by atoms with van der Waals surface area (Å²) in [6, 6.07) is 0. The lowest BCUT2D eigenvalue weighted by Gasteiger charge is -2.31. The Morgan fingerprint density at radius 3 is 3.14 bits per heavy atom. The highest BCUT2D eigenvalue weighted by atomic mass is 32.1. The van der Waals surface area contributed by atoms with Gasteiger partial charge in [-0.05, 0) is 37.7 Å². The number of hydrazine groups is 1. The third-order valence-electron chi connectivity index (χ3n) is 4.81. The number of thiophene rings is 1. The first kappa shape index (κ1) is 12.1. The molecule has 1 saturated heterocycles. The van der Waals surface area contributed by atoms with Crippen LogP contribution in [0.2, 0.25) is 0 Å². The first-order valence-electron chi connectivity index (χ1n) is 7.61. The molecule has 2 aliphatic heterocycles. The maximum Gasteiger partial charge on any atom is 0.248 e. The molecular formula is C14H18N6S. The van der Waals surface area contributed by atoms with E-state index in [1.807, 2.05) is 17.7 Å².